The van der Waals surface area contributed by atoms with Gasteiger partial charge < -0.3 is 5.32 Å². The first kappa shape index (κ1) is 15.7. The van der Waals surface area contributed by atoms with Crippen molar-refractivity contribution in [2.45, 2.75) is 26.3 Å². The highest BCUT2D eigenvalue weighted by molar-refractivity contribution is 7.09. The highest BCUT2D eigenvalue weighted by atomic mass is 35.5. The maximum Gasteiger partial charge on any atom is 0.142 e. The summed E-state index contributed by atoms with van der Waals surface area (Å²) in [5.74, 6) is -0.449. The van der Waals surface area contributed by atoms with Crippen molar-refractivity contribution in [3.8, 4) is 0 Å². The van der Waals surface area contributed by atoms with E-state index in [-0.39, 0.29) is 11.1 Å². The first-order valence-electron chi connectivity index (χ1n) is 6.27. The lowest BCUT2D eigenvalue weighted by Crippen LogP contribution is -2.22. The van der Waals surface area contributed by atoms with Gasteiger partial charge in [0.2, 0.25) is 0 Å². The quantitative estimate of drug-likeness (QED) is 0.796. The molecule has 0 saturated carbocycles. The van der Waals surface area contributed by atoms with Crippen LogP contribution in [0.15, 0.2) is 17.5 Å². The largest absolute Gasteiger partial charge is 0.310 e. The minimum absolute atomic E-state index is 0.0852. The number of hydrogen-bond acceptors (Lipinski definition) is 3. The Morgan fingerprint density at radius 3 is 2.80 bits per heavy atom. The van der Waals surface area contributed by atoms with Gasteiger partial charge in [0.15, 0.2) is 0 Å². The fourth-order valence-corrected chi connectivity index (χ4v) is 3.33. The van der Waals surface area contributed by atoms with E-state index in [0.29, 0.717) is 10.6 Å². The maximum absolute atomic E-state index is 13.5. The average molecular weight is 333 g/mol. The normalized spacial score (nSPS) is 12.7. The van der Waals surface area contributed by atoms with Gasteiger partial charge in [-0.25, -0.2) is 9.37 Å². The molecule has 0 radical (unpaired) electrons. The van der Waals surface area contributed by atoms with Crippen LogP contribution in [-0.2, 0) is 6.42 Å². The van der Waals surface area contributed by atoms with E-state index in [0.717, 1.165) is 23.7 Å². The summed E-state index contributed by atoms with van der Waals surface area (Å²) in [5.41, 5.74) is 1.66. The lowest BCUT2D eigenvalue weighted by molar-refractivity contribution is 0.565. The van der Waals surface area contributed by atoms with Crippen molar-refractivity contribution in [1.29, 1.82) is 0 Å². The van der Waals surface area contributed by atoms with Crippen LogP contribution in [0, 0.1) is 12.7 Å². The average Bonchev–Trinajstić information content (AvgIpc) is 2.80. The number of nitrogens with one attached hydrogen (secondary N) is 1. The molecule has 2 aromatic rings. The smallest absolute Gasteiger partial charge is 0.142 e. The molecule has 1 aromatic heterocycles. The Kier molecular flexibility index (Phi) is 5.38. The molecule has 20 heavy (non-hydrogen) atoms. The summed E-state index contributed by atoms with van der Waals surface area (Å²) < 4.78 is 13.5. The summed E-state index contributed by atoms with van der Waals surface area (Å²) >= 11 is 13.7. The summed E-state index contributed by atoms with van der Waals surface area (Å²) in [5, 5.41) is 6.96. The number of hydrogen-bond donors (Lipinski definition) is 1. The molecule has 0 aliphatic carbocycles. The fourth-order valence-electron chi connectivity index (χ4n) is 1.98. The Labute approximate surface area is 131 Å². The number of aryl methyl sites for hydroxylation is 1. The topological polar surface area (TPSA) is 24.9 Å². The monoisotopic (exact) mass is 332 g/mol. The van der Waals surface area contributed by atoms with Crippen molar-refractivity contribution >= 4 is 34.5 Å². The van der Waals surface area contributed by atoms with Gasteiger partial charge in [0, 0.05) is 35.0 Å². The van der Waals surface area contributed by atoms with E-state index in [9.17, 15) is 4.39 Å². The van der Waals surface area contributed by atoms with Crippen LogP contribution in [0.4, 0.5) is 4.39 Å². The molecule has 1 unspecified atom stereocenters. The summed E-state index contributed by atoms with van der Waals surface area (Å²) in [7, 11) is 0. The molecule has 0 saturated heterocycles. The van der Waals surface area contributed by atoms with E-state index in [1.165, 1.54) is 12.1 Å². The lowest BCUT2D eigenvalue weighted by Gasteiger charge is -2.17. The standard InChI is InChI=1S/C14H15Cl2FN2S/c1-8(13-11(15)3-4-12(17)14(13)16)18-6-5-10-7-20-9(2)19-10/h3-4,7-8,18H,5-6H2,1-2H3. The molecule has 2 nitrogen and oxygen atoms in total. The van der Waals surface area contributed by atoms with Crippen molar-refractivity contribution in [1.82, 2.24) is 10.3 Å². The Balaban J connectivity index is 1.98. The Morgan fingerprint density at radius 2 is 2.15 bits per heavy atom. The zero-order valence-corrected chi connectivity index (χ0v) is 13.5. The highest BCUT2D eigenvalue weighted by Crippen LogP contribution is 2.32. The number of rotatable bonds is 5. The molecular formula is C14H15Cl2FN2S. The van der Waals surface area contributed by atoms with Gasteiger partial charge in [0.05, 0.1) is 15.7 Å². The molecule has 1 heterocycles. The number of aromatic nitrogens is 1. The zero-order valence-electron chi connectivity index (χ0n) is 11.2. The Hall–Kier alpha value is -0.680. The Bertz CT molecular complexity index is 601. The van der Waals surface area contributed by atoms with Gasteiger partial charge in [-0.05, 0) is 26.0 Å². The second-order valence-corrected chi connectivity index (χ2v) is 6.39. The molecule has 0 fully saturated rings. The molecule has 6 heteroatoms. The first-order chi connectivity index (χ1) is 9.49. The van der Waals surface area contributed by atoms with Gasteiger partial charge in [-0.3, -0.25) is 0 Å². The SMILES string of the molecule is Cc1nc(CCNC(C)c2c(Cl)ccc(F)c2Cl)cs1. The molecule has 0 amide bonds. The van der Waals surface area contributed by atoms with Crippen molar-refractivity contribution in [3.05, 3.63) is 49.6 Å². The molecule has 1 atom stereocenters. The molecule has 1 aromatic carbocycles. The van der Waals surface area contributed by atoms with Crippen LogP contribution in [0.2, 0.25) is 10.0 Å². The number of benzene rings is 1. The van der Waals surface area contributed by atoms with Crippen molar-refractivity contribution < 1.29 is 4.39 Å². The van der Waals surface area contributed by atoms with Crippen LogP contribution < -0.4 is 5.32 Å². The van der Waals surface area contributed by atoms with Crippen LogP contribution in [0.3, 0.4) is 0 Å². The van der Waals surface area contributed by atoms with Crippen LogP contribution in [0.5, 0.6) is 0 Å². The minimum Gasteiger partial charge on any atom is -0.310 e. The van der Waals surface area contributed by atoms with Crippen molar-refractivity contribution in [2.24, 2.45) is 0 Å². The third-order valence-corrected chi connectivity index (χ3v) is 4.55. The third-order valence-electron chi connectivity index (χ3n) is 3.01. The van der Waals surface area contributed by atoms with Crippen LogP contribution in [0.1, 0.15) is 29.2 Å². The fraction of sp³-hybridized carbons (Fsp3) is 0.357. The van der Waals surface area contributed by atoms with Gasteiger partial charge in [-0.1, -0.05) is 23.2 Å². The minimum atomic E-state index is -0.449. The number of halogens is 3. The predicted molar refractivity (Wildman–Crippen MR) is 83.4 cm³/mol. The van der Waals surface area contributed by atoms with E-state index >= 15 is 0 Å². The maximum atomic E-state index is 13.5. The van der Waals surface area contributed by atoms with Gasteiger partial charge in [0.25, 0.3) is 0 Å². The first-order valence-corrected chi connectivity index (χ1v) is 7.90. The summed E-state index contributed by atoms with van der Waals surface area (Å²) in [4.78, 5) is 4.40. The Morgan fingerprint density at radius 1 is 1.40 bits per heavy atom. The molecule has 108 valence electrons. The molecule has 1 N–H and O–H groups in total. The summed E-state index contributed by atoms with van der Waals surface area (Å²) in [6, 6.07) is 2.68. The van der Waals surface area contributed by atoms with Crippen LogP contribution in [0.25, 0.3) is 0 Å². The molecule has 0 bridgehead atoms. The predicted octanol–water partition coefficient (Wildman–Crippen LogP) is 4.79. The number of nitrogens with zero attached hydrogens (tertiary/aromatic N) is 1. The summed E-state index contributed by atoms with van der Waals surface area (Å²) in [6.45, 7) is 4.63. The van der Waals surface area contributed by atoms with Gasteiger partial charge in [0.1, 0.15) is 5.82 Å². The van der Waals surface area contributed by atoms with Crippen molar-refractivity contribution in [3.63, 3.8) is 0 Å². The molecule has 0 spiro atoms. The molecular weight excluding hydrogens is 318 g/mol. The second kappa shape index (κ2) is 6.85. The van der Waals surface area contributed by atoms with E-state index in [1.807, 2.05) is 19.2 Å². The molecule has 2 rings (SSSR count). The van der Waals surface area contributed by atoms with Gasteiger partial charge in [-0.2, -0.15) is 0 Å². The van der Waals surface area contributed by atoms with E-state index in [1.54, 1.807) is 11.3 Å². The number of thiazole rings is 1. The zero-order chi connectivity index (χ0) is 14.7. The van der Waals surface area contributed by atoms with E-state index < -0.39 is 5.82 Å². The van der Waals surface area contributed by atoms with Gasteiger partial charge in [-0.15, -0.1) is 11.3 Å². The third kappa shape index (κ3) is 3.70. The van der Waals surface area contributed by atoms with Crippen LogP contribution in [-0.4, -0.2) is 11.5 Å². The molecule has 0 aliphatic rings. The van der Waals surface area contributed by atoms with E-state index in [4.69, 9.17) is 23.2 Å². The van der Waals surface area contributed by atoms with Crippen molar-refractivity contribution in [2.75, 3.05) is 6.54 Å². The van der Waals surface area contributed by atoms with Crippen LogP contribution >= 0.6 is 34.5 Å². The summed E-state index contributed by atoms with van der Waals surface area (Å²) in [6.07, 6.45) is 0.819. The molecule has 0 aliphatic heterocycles. The van der Waals surface area contributed by atoms with E-state index in [2.05, 4.69) is 10.3 Å². The highest BCUT2D eigenvalue weighted by Gasteiger charge is 2.16. The lowest BCUT2D eigenvalue weighted by atomic mass is 10.1. The second-order valence-electron chi connectivity index (χ2n) is 4.54. The van der Waals surface area contributed by atoms with Gasteiger partial charge >= 0.3 is 0 Å².